The normalized spacial score (nSPS) is 11.4. The van der Waals surface area contributed by atoms with Crippen LogP contribution in [0.15, 0.2) is 28.8 Å². The van der Waals surface area contributed by atoms with Crippen molar-refractivity contribution in [1.82, 2.24) is 15.5 Å². The Kier molecular flexibility index (Phi) is 4.63. The summed E-state index contributed by atoms with van der Waals surface area (Å²) in [6, 6.07) is 7.21. The van der Waals surface area contributed by atoms with Crippen LogP contribution in [0, 0.1) is 5.41 Å². The van der Waals surface area contributed by atoms with Crippen LogP contribution in [0.5, 0.6) is 0 Å². The maximum atomic E-state index is 11.7. The van der Waals surface area contributed by atoms with E-state index in [0.717, 1.165) is 5.56 Å². The Morgan fingerprint density at radius 2 is 1.95 bits per heavy atom. The molecule has 0 spiro atoms. The molecule has 6 heteroatoms. The van der Waals surface area contributed by atoms with Gasteiger partial charge in [-0.3, -0.25) is 4.79 Å². The van der Waals surface area contributed by atoms with Crippen LogP contribution in [0.25, 0.3) is 11.4 Å². The summed E-state index contributed by atoms with van der Waals surface area (Å²) in [7, 11) is 0. The van der Waals surface area contributed by atoms with E-state index < -0.39 is 5.41 Å². The van der Waals surface area contributed by atoms with Gasteiger partial charge in [0.2, 0.25) is 17.6 Å². The molecule has 0 aliphatic carbocycles. The van der Waals surface area contributed by atoms with Crippen LogP contribution in [0.1, 0.15) is 26.7 Å². The fraction of sp³-hybridized carbons (Fsp3) is 0.400. The molecule has 0 aliphatic heterocycles. The van der Waals surface area contributed by atoms with Gasteiger partial charge in [0.1, 0.15) is 0 Å². The third-order valence-electron chi connectivity index (χ3n) is 2.88. The Morgan fingerprint density at radius 1 is 1.29 bits per heavy atom. The summed E-state index contributed by atoms with van der Waals surface area (Å²) in [6.45, 7) is 6.08. The molecular formula is C15H18ClN3O2. The van der Waals surface area contributed by atoms with Gasteiger partial charge in [0.15, 0.2) is 0 Å². The molecule has 2 aromatic rings. The lowest BCUT2D eigenvalue weighted by Gasteiger charge is -2.16. The average Bonchev–Trinajstić information content (AvgIpc) is 2.87. The van der Waals surface area contributed by atoms with Crippen molar-refractivity contribution in [2.45, 2.75) is 27.2 Å². The van der Waals surface area contributed by atoms with E-state index in [9.17, 15) is 4.79 Å². The van der Waals surface area contributed by atoms with Crippen LogP contribution in [-0.2, 0) is 11.2 Å². The van der Waals surface area contributed by atoms with Gasteiger partial charge in [0, 0.05) is 29.0 Å². The molecule has 1 amide bonds. The highest BCUT2D eigenvalue weighted by molar-refractivity contribution is 6.30. The molecule has 2 rings (SSSR count). The average molecular weight is 308 g/mol. The molecular weight excluding hydrogens is 290 g/mol. The Bertz CT molecular complexity index is 615. The first kappa shape index (κ1) is 15.5. The molecule has 0 radical (unpaired) electrons. The van der Waals surface area contributed by atoms with Crippen LogP contribution < -0.4 is 5.32 Å². The van der Waals surface area contributed by atoms with Crippen LogP contribution in [-0.4, -0.2) is 22.6 Å². The number of hydrogen-bond donors (Lipinski definition) is 1. The summed E-state index contributed by atoms with van der Waals surface area (Å²) < 4.78 is 5.17. The number of aromatic nitrogens is 2. The summed E-state index contributed by atoms with van der Waals surface area (Å²) in [4.78, 5) is 16.0. The van der Waals surface area contributed by atoms with Crippen LogP contribution in [0.3, 0.4) is 0 Å². The quantitative estimate of drug-likeness (QED) is 0.942. The molecule has 1 N–H and O–H groups in total. The molecule has 21 heavy (non-hydrogen) atoms. The summed E-state index contributed by atoms with van der Waals surface area (Å²) >= 11 is 5.83. The van der Waals surface area contributed by atoms with Gasteiger partial charge in [0.05, 0.1) is 0 Å². The maximum Gasteiger partial charge on any atom is 0.228 e. The van der Waals surface area contributed by atoms with Crippen molar-refractivity contribution >= 4 is 17.5 Å². The van der Waals surface area contributed by atoms with E-state index in [0.29, 0.717) is 29.7 Å². The van der Waals surface area contributed by atoms with Crippen molar-refractivity contribution in [3.8, 4) is 11.4 Å². The Labute approximate surface area is 128 Å². The minimum absolute atomic E-state index is 0.0000555. The number of carbonyl (C=O) groups excluding carboxylic acids is 1. The predicted molar refractivity (Wildman–Crippen MR) is 80.9 cm³/mol. The molecule has 0 saturated heterocycles. The zero-order valence-electron chi connectivity index (χ0n) is 12.3. The Hall–Kier alpha value is -1.88. The standard InChI is InChI=1S/C15H18ClN3O2/c1-15(2,3)14(20)17-9-8-12-18-13(19-21-12)10-4-6-11(16)7-5-10/h4-7H,8-9H2,1-3H3,(H,17,20). The number of hydrogen-bond acceptors (Lipinski definition) is 4. The smallest absolute Gasteiger partial charge is 0.228 e. The number of amides is 1. The van der Waals surface area contributed by atoms with Crippen molar-refractivity contribution in [1.29, 1.82) is 0 Å². The lowest BCUT2D eigenvalue weighted by Crippen LogP contribution is -2.35. The summed E-state index contributed by atoms with van der Waals surface area (Å²) in [5.74, 6) is 1.01. The van der Waals surface area contributed by atoms with Gasteiger partial charge >= 0.3 is 0 Å². The van der Waals surface area contributed by atoms with E-state index in [1.54, 1.807) is 12.1 Å². The first-order valence-electron chi connectivity index (χ1n) is 6.73. The molecule has 112 valence electrons. The number of halogens is 1. The molecule has 1 heterocycles. The largest absolute Gasteiger partial charge is 0.355 e. The zero-order valence-corrected chi connectivity index (χ0v) is 13.1. The molecule has 5 nitrogen and oxygen atoms in total. The first-order chi connectivity index (χ1) is 9.86. The van der Waals surface area contributed by atoms with Gasteiger partial charge < -0.3 is 9.84 Å². The number of nitrogens with zero attached hydrogens (tertiary/aromatic N) is 2. The molecule has 0 saturated carbocycles. The Balaban J connectivity index is 1.92. The minimum Gasteiger partial charge on any atom is -0.355 e. The van der Waals surface area contributed by atoms with Gasteiger partial charge in [-0.1, -0.05) is 37.5 Å². The van der Waals surface area contributed by atoms with Crippen molar-refractivity contribution in [3.05, 3.63) is 35.2 Å². The second-order valence-electron chi connectivity index (χ2n) is 5.77. The SMILES string of the molecule is CC(C)(C)C(=O)NCCc1nc(-c2ccc(Cl)cc2)no1. The third-order valence-corrected chi connectivity index (χ3v) is 3.13. The molecule has 0 fully saturated rings. The van der Waals surface area contributed by atoms with E-state index in [1.807, 2.05) is 32.9 Å². The molecule has 0 unspecified atom stereocenters. The third kappa shape index (κ3) is 4.29. The summed E-state index contributed by atoms with van der Waals surface area (Å²) in [6.07, 6.45) is 0.502. The molecule has 0 aliphatic rings. The fourth-order valence-electron chi connectivity index (χ4n) is 1.62. The van der Waals surface area contributed by atoms with Crippen molar-refractivity contribution in [3.63, 3.8) is 0 Å². The monoisotopic (exact) mass is 307 g/mol. The topological polar surface area (TPSA) is 68.0 Å². The van der Waals surface area contributed by atoms with Crippen LogP contribution >= 0.6 is 11.6 Å². The predicted octanol–water partition coefficient (Wildman–Crippen LogP) is 3.09. The highest BCUT2D eigenvalue weighted by Crippen LogP contribution is 2.18. The highest BCUT2D eigenvalue weighted by Gasteiger charge is 2.20. The number of benzene rings is 1. The van der Waals surface area contributed by atoms with Gasteiger partial charge in [-0.15, -0.1) is 0 Å². The number of rotatable bonds is 4. The molecule has 1 aromatic heterocycles. The Morgan fingerprint density at radius 3 is 2.57 bits per heavy atom. The van der Waals surface area contributed by atoms with Gasteiger partial charge in [-0.25, -0.2) is 0 Å². The number of nitrogens with one attached hydrogen (secondary N) is 1. The fourth-order valence-corrected chi connectivity index (χ4v) is 1.75. The highest BCUT2D eigenvalue weighted by atomic mass is 35.5. The molecule has 0 atom stereocenters. The van der Waals surface area contributed by atoms with E-state index in [2.05, 4.69) is 15.5 Å². The van der Waals surface area contributed by atoms with Crippen LogP contribution in [0.4, 0.5) is 0 Å². The van der Waals surface area contributed by atoms with E-state index in [1.165, 1.54) is 0 Å². The van der Waals surface area contributed by atoms with Crippen molar-refractivity contribution < 1.29 is 9.32 Å². The number of carbonyl (C=O) groups is 1. The summed E-state index contributed by atoms with van der Waals surface area (Å²) in [5, 5.41) is 7.42. The lowest BCUT2D eigenvalue weighted by atomic mass is 9.96. The van der Waals surface area contributed by atoms with Crippen molar-refractivity contribution in [2.75, 3.05) is 6.54 Å². The zero-order chi connectivity index (χ0) is 15.5. The maximum absolute atomic E-state index is 11.7. The van der Waals surface area contributed by atoms with Gasteiger partial charge in [-0.05, 0) is 24.3 Å². The molecule has 0 bridgehead atoms. The first-order valence-corrected chi connectivity index (χ1v) is 7.11. The van der Waals surface area contributed by atoms with Crippen LogP contribution in [0.2, 0.25) is 5.02 Å². The summed E-state index contributed by atoms with van der Waals surface area (Å²) in [5.41, 5.74) is 0.441. The van der Waals surface area contributed by atoms with E-state index in [-0.39, 0.29) is 5.91 Å². The lowest BCUT2D eigenvalue weighted by molar-refractivity contribution is -0.128. The van der Waals surface area contributed by atoms with Gasteiger partial charge in [-0.2, -0.15) is 4.98 Å². The van der Waals surface area contributed by atoms with Gasteiger partial charge in [0.25, 0.3) is 0 Å². The minimum atomic E-state index is -0.399. The van der Waals surface area contributed by atoms with Crippen molar-refractivity contribution in [2.24, 2.45) is 5.41 Å². The second-order valence-corrected chi connectivity index (χ2v) is 6.21. The molecule has 1 aromatic carbocycles. The van der Waals surface area contributed by atoms with E-state index >= 15 is 0 Å². The van der Waals surface area contributed by atoms with E-state index in [4.69, 9.17) is 16.1 Å². The second kappa shape index (κ2) is 6.26.